The van der Waals surface area contributed by atoms with Crippen LogP contribution in [0.5, 0.6) is 0 Å². The number of para-hydroxylation sites is 4. The van der Waals surface area contributed by atoms with Crippen LogP contribution >= 0.6 is 22.7 Å². The minimum atomic E-state index is -3.44. The van der Waals surface area contributed by atoms with Crippen molar-refractivity contribution in [2.45, 2.75) is 0 Å². The second-order valence-corrected chi connectivity index (χ2v) is 37.3. The Hall–Kier alpha value is -8.11. The summed E-state index contributed by atoms with van der Waals surface area (Å²) in [5.41, 5.74) is 11.5. The predicted molar refractivity (Wildman–Crippen MR) is 327 cm³/mol. The first-order valence-electron chi connectivity index (χ1n) is 25.8. The molecule has 0 bridgehead atoms. The van der Waals surface area contributed by atoms with Gasteiger partial charge in [-0.05, 0) is 0 Å². The van der Waals surface area contributed by atoms with E-state index in [4.69, 9.17) is 9.97 Å². The van der Waals surface area contributed by atoms with E-state index in [9.17, 15) is 0 Å². The van der Waals surface area contributed by atoms with Crippen molar-refractivity contribution in [3.63, 3.8) is 0 Å². The summed E-state index contributed by atoms with van der Waals surface area (Å²) in [5.74, 6) is 0. The van der Waals surface area contributed by atoms with E-state index in [2.05, 4.69) is 289 Å². The molecule has 0 radical (unpaired) electrons. The van der Waals surface area contributed by atoms with Gasteiger partial charge in [-0.1, -0.05) is 0 Å². The molecule has 11 aromatic carbocycles. The number of fused-ring (bicyclic) bond motifs is 6. The number of thiazole rings is 2. The van der Waals surface area contributed by atoms with Crippen molar-refractivity contribution in [3.05, 3.63) is 279 Å². The van der Waals surface area contributed by atoms with Gasteiger partial charge in [-0.25, -0.2) is 0 Å². The second-order valence-electron chi connectivity index (χ2n) is 19.6. The molecule has 2 aliphatic heterocycles. The van der Waals surface area contributed by atoms with Crippen molar-refractivity contribution in [1.29, 1.82) is 0 Å². The molecule has 2 aromatic heterocycles. The molecule has 0 amide bonds. The van der Waals surface area contributed by atoms with Gasteiger partial charge in [-0.15, -0.1) is 0 Å². The van der Waals surface area contributed by atoms with Crippen LogP contribution in [0.4, 0.5) is 34.1 Å². The first-order chi connectivity index (χ1) is 37.7. The Morgan fingerprint density at radius 3 is 0.829 bits per heavy atom. The summed E-state index contributed by atoms with van der Waals surface area (Å²) < 4.78 is 13.8. The third-order valence-corrected chi connectivity index (χ3v) is 38.2. The molecule has 0 aliphatic carbocycles. The molecule has 8 heteroatoms. The van der Waals surface area contributed by atoms with E-state index < -0.39 is 26.5 Å². The molecule has 2 aliphatic rings. The fourth-order valence-electron chi connectivity index (χ4n) is 12.5. The van der Waals surface area contributed by atoms with Gasteiger partial charge >= 0.3 is 459 Å². The third-order valence-electron chi connectivity index (χ3n) is 15.7. The normalized spacial score (nSPS) is 13.9. The van der Waals surface area contributed by atoms with E-state index >= 15 is 0 Å². The summed E-state index contributed by atoms with van der Waals surface area (Å²) in [7, 11) is 0. The Balaban J connectivity index is 0.743. The van der Waals surface area contributed by atoms with Crippen LogP contribution in [0.25, 0.3) is 41.6 Å². The van der Waals surface area contributed by atoms with Crippen molar-refractivity contribution < 1.29 is 0 Å². The van der Waals surface area contributed by atoms with Gasteiger partial charge in [0.15, 0.2) is 0 Å². The molecule has 358 valence electrons. The van der Waals surface area contributed by atoms with Crippen LogP contribution in [-0.4, -0.2) is 36.5 Å². The average molecular weight is 1130 g/mol. The van der Waals surface area contributed by atoms with Crippen molar-refractivity contribution in [1.82, 2.24) is 9.97 Å². The molecular formula is C68H46Ge2N4S2. The van der Waals surface area contributed by atoms with E-state index in [0.29, 0.717) is 0 Å². The Labute approximate surface area is 455 Å². The van der Waals surface area contributed by atoms with E-state index in [-0.39, 0.29) is 0 Å². The van der Waals surface area contributed by atoms with Gasteiger partial charge in [0.05, 0.1) is 0 Å². The van der Waals surface area contributed by atoms with Gasteiger partial charge < -0.3 is 0 Å². The fraction of sp³-hybridized carbons (Fsp3) is 0. The summed E-state index contributed by atoms with van der Waals surface area (Å²) >= 11 is -3.42. The van der Waals surface area contributed by atoms with Crippen molar-refractivity contribution in [3.8, 4) is 21.1 Å². The zero-order valence-electron chi connectivity index (χ0n) is 41.2. The van der Waals surface area contributed by atoms with Crippen LogP contribution in [0, 0.1) is 0 Å². The van der Waals surface area contributed by atoms with Gasteiger partial charge in [0, 0.05) is 0 Å². The van der Waals surface area contributed by atoms with E-state index in [1.54, 1.807) is 22.7 Å². The summed E-state index contributed by atoms with van der Waals surface area (Å²) in [6.07, 6.45) is 0. The molecule has 4 heterocycles. The number of aromatic nitrogens is 2. The van der Waals surface area contributed by atoms with Crippen LogP contribution in [0.3, 0.4) is 0 Å². The van der Waals surface area contributed by atoms with Crippen LogP contribution in [0.15, 0.2) is 279 Å². The second kappa shape index (κ2) is 18.3. The molecule has 4 nitrogen and oxygen atoms in total. The monoisotopic (exact) mass is 1130 g/mol. The quantitative estimate of drug-likeness (QED) is 0.142. The molecular weight excluding hydrogens is 1080 g/mol. The minimum absolute atomic E-state index is 1.00. The van der Waals surface area contributed by atoms with Crippen LogP contribution in [0.1, 0.15) is 0 Å². The summed E-state index contributed by atoms with van der Waals surface area (Å²) in [6.45, 7) is 0. The third kappa shape index (κ3) is 6.94. The van der Waals surface area contributed by atoms with Crippen molar-refractivity contribution >= 4 is 139 Å². The van der Waals surface area contributed by atoms with Gasteiger partial charge in [-0.3, -0.25) is 0 Å². The SMILES string of the molecule is c1cc[c]([Ge]2([c]3ccccc3)[c]3ccccc3N(c3ccc(-c4nc5cc6sc(-c7ccc(N8c9cccc[c]9[Ge]([c]9ccccc9)([c]9ccccc9)[c]9ccccc98)cc7)nc6cc5s4)cc3)c3cccc[c]32)cc1. The molecule has 0 unspecified atom stereocenters. The molecule has 0 atom stereocenters. The van der Waals surface area contributed by atoms with Gasteiger partial charge in [-0.2, -0.15) is 0 Å². The van der Waals surface area contributed by atoms with Gasteiger partial charge in [0.1, 0.15) is 0 Å². The Kier molecular flexibility index (Phi) is 10.9. The number of rotatable bonds is 8. The van der Waals surface area contributed by atoms with E-state index in [1.165, 1.54) is 57.9 Å². The zero-order valence-corrected chi connectivity index (χ0v) is 47.0. The van der Waals surface area contributed by atoms with Crippen LogP contribution in [-0.2, 0) is 0 Å². The van der Waals surface area contributed by atoms with Crippen LogP contribution in [0.2, 0.25) is 0 Å². The van der Waals surface area contributed by atoms with Gasteiger partial charge in [0.25, 0.3) is 0 Å². The fourth-order valence-corrected chi connectivity index (χ4v) is 35.9. The van der Waals surface area contributed by atoms with Crippen LogP contribution < -0.4 is 45.0 Å². The Morgan fingerprint density at radius 1 is 0.276 bits per heavy atom. The number of nitrogens with zero attached hydrogens (tertiary/aromatic N) is 4. The number of hydrogen-bond donors (Lipinski definition) is 0. The van der Waals surface area contributed by atoms with E-state index in [0.717, 1.165) is 53.0 Å². The van der Waals surface area contributed by atoms with Gasteiger partial charge in [0.2, 0.25) is 0 Å². The first kappa shape index (κ1) is 45.3. The Bertz CT molecular complexity index is 3790. The topological polar surface area (TPSA) is 32.3 Å². The standard InChI is InChI=1S/C68H46Ge2N4S2/c1-5-21-49(22-6-1)69(50-23-7-2-8-24-50)55-29-13-17-33-61(55)73(62-34-18-14-30-56(62)69)53-41-37-47(38-42-53)67-71-59-45-66-60(46-65(59)75-67)72-68(76-66)48-39-43-54(44-40-48)74-63-35-19-15-31-57(63)70(51-25-9-3-10-26-51,52-27-11-4-12-28-52)58-32-16-20-36-64(58)74/h1-46H. The molecule has 13 aromatic rings. The molecule has 15 rings (SSSR count). The molecule has 0 saturated carbocycles. The van der Waals surface area contributed by atoms with Crippen molar-refractivity contribution in [2.75, 3.05) is 9.80 Å². The number of benzene rings is 11. The maximum atomic E-state index is 5.25. The first-order valence-corrected chi connectivity index (χ1v) is 35.8. The maximum absolute atomic E-state index is 5.25. The number of hydrogen-bond acceptors (Lipinski definition) is 6. The predicted octanol–water partition coefficient (Wildman–Crippen LogP) is 12.6. The molecule has 0 fully saturated rings. The summed E-state index contributed by atoms with van der Waals surface area (Å²) in [4.78, 5) is 15.5. The molecule has 0 N–H and O–H groups in total. The number of anilines is 6. The molecule has 76 heavy (non-hydrogen) atoms. The zero-order chi connectivity index (χ0) is 50.2. The van der Waals surface area contributed by atoms with Crippen molar-refractivity contribution in [2.24, 2.45) is 0 Å². The Morgan fingerprint density at radius 2 is 0.539 bits per heavy atom. The molecule has 0 spiro atoms. The average Bonchev–Trinajstić information content (AvgIpc) is 4.15. The summed E-state index contributed by atoms with van der Waals surface area (Å²) in [5, 5.41) is 2.01. The van der Waals surface area contributed by atoms with E-state index in [1.807, 2.05) is 0 Å². The summed E-state index contributed by atoms with van der Waals surface area (Å²) in [6, 6.07) is 104. The molecule has 0 saturated heterocycles.